The van der Waals surface area contributed by atoms with Crippen molar-refractivity contribution in [2.24, 2.45) is 29.1 Å². The summed E-state index contributed by atoms with van der Waals surface area (Å²) >= 11 is 0. The van der Waals surface area contributed by atoms with E-state index in [1.54, 1.807) is 24.3 Å². The van der Waals surface area contributed by atoms with Crippen molar-refractivity contribution in [1.82, 2.24) is 0 Å². The van der Waals surface area contributed by atoms with E-state index in [2.05, 4.69) is 0 Å². The Morgan fingerprint density at radius 1 is 0.962 bits per heavy atom. The Morgan fingerprint density at radius 3 is 2.00 bits per heavy atom. The quantitative estimate of drug-likeness (QED) is 0.590. The third-order valence-electron chi connectivity index (χ3n) is 6.89. The molecule has 0 radical (unpaired) electrons. The second-order valence-corrected chi connectivity index (χ2v) is 8.94. The first-order valence-corrected chi connectivity index (χ1v) is 9.78. The average Bonchev–Trinajstić information content (AvgIpc) is 2.58. The van der Waals surface area contributed by atoms with Crippen LogP contribution in [-0.4, -0.2) is 22.6 Å². The molecule has 4 saturated carbocycles. The molecule has 4 heteroatoms. The number of carbonyl (C=O) groups excluding carboxylic acids is 2. The third kappa shape index (κ3) is 3.34. The molecule has 4 aliphatic carbocycles. The van der Waals surface area contributed by atoms with Crippen LogP contribution in [0.3, 0.4) is 0 Å². The molecule has 4 fully saturated rings. The lowest BCUT2D eigenvalue weighted by atomic mass is 9.48. The maximum atomic E-state index is 12.9. The van der Waals surface area contributed by atoms with Gasteiger partial charge in [-0.25, -0.2) is 0 Å². The van der Waals surface area contributed by atoms with Gasteiger partial charge in [-0.15, -0.1) is 0 Å². The van der Waals surface area contributed by atoms with Gasteiger partial charge in [0.25, 0.3) is 0 Å². The van der Waals surface area contributed by atoms with E-state index in [1.165, 1.54) is 19.3 Å². The molecule has 26 heavy (non-hydrogen) atoms. The van der Waals surface area contributed by atoms with Crippen molar-refractivity contribution in [1.29, 1.82) is 0 Å². The summed E-state index contributed by atoms with van der Waals surface area (Å²) in [6.45, 7) is 0. The van der Waals surface area contributed by atoms with Crippen LogP contribution in [0.2, 0.25) is 0 Å². The van der Waals surface area contributed by atoms with Crippen molar-refractivity contribution in [3.8, 4) is 0 Å². The Balaban J connectivity index is 1.46. The smallest absolute Gasteiger partial charge is 0.314 e. The number of hydrogen-bond donors (Lipinski definition) is 1. The van der Waals surface area contributed by atoms with E-state index < -0.39 is 11.9 Å². The minimum Gasteiger partial charge on any atom is -0.481 e. The van der Waals surface area contributed by atoms with Crippen molar-refractivity contribution in [3.05, 3.63) is 35.9 Å². The second-order valence-electron chi connectivity index (χ2n) is 8.94. The topological polar surface area (TPSA) is 71.4 Å². The van der Waals surface area contributed by atoms with E-state index in [0.29, 0.717) is 12.0 Å². The lowest BCUT2D eigenvalue weighted by molar-refractivity contribution is -0.148. The van der Waals surface area contributed by atoms with Gasteiger partial charge >= 0.3 is 5.97 Å². The third-order valence-corrected chi connectivity index (χ3v) is 6.89. The Bertz CT molecular complexity index is 686. The van der Waals surface area contributed by atoms with Crippen molar-refractivity contribution in [2.75, 3.05) is 0 Å². The Labute approximate surface area is 154 Å². The highest BCUT2D eigenvalue weighted by Crippen LogP contribution is 2.61. The van der Waals surface area contributed by atoms with E-state index in [9.17, 15) is 19.5 Å². The van der Waals surface area contributed by atoms with Gasteiger partial charge in [0.1, 0.15) is 11.7 Å². The summed E-state index contributed by atoms with van der Waals surface area (Å²) < 4.78 is 0. The van der Waals surface area contributed by atoms with Crippen LogP contribution in [0.4, 0.5) is 0 Å². The number of rotatable bonds is 7. The van der Waals surface area contributed by atoms with Crippen molar-refractivity contribution >= 4 is 17.5 Å². The zero-order chi connectivity index (χ0) is 18.3. The number of benzene rings is 1. The molecule has 1 aromatic carbocycles. The molecule has 1 unspecified atom stereocenters. The highest BCUT2D eigenvalue weighted by Gasteiger charge is 2.52. The normalized spacial score (nSPS) is 33.0. The Hall–Kier alpha value is -1.97. The summed E-state index contributed by atoms with van der Waals surface area (Å²) in [5.41, 5.74) is 0.483. The van der Waals surface area contributed by atoms with Crippen LogP contribution < -0.4 is 0 Å². The number of carboxylic acids is 1. The standard InChI is InChI=1S/C22H26O4/c23-19(17-4-2-1-3-5-17)9-18(21(25)26)20(24)13-22-10-14-6-15(11-22)8-16(7-14)12-22/h1-5,14-16,18H,6-13H2,(H,25,26). The van der Waals surface area contributed by atoms with Gasteiger partial charge in [0, 0.05) is 18.4 Å². The molecule has 1 N–H and O–H groups in total. The predicted octanol–water partition coefficient (Wildman–Crippen LogP) is 4.14. The van der Waals surface area contributed by atoms with Gasteiger partial charge in [-0.05, 0) is 61.7 Å². The maximum absolute atomic E-state index is 12.9. The zero-order valence-electron chi connectivity index (χ0n) is 15.0. The molecule has 1 aromatic rings. The first-order valence-electron chi connectivity index (χ1n) is 9.78. The van der Waals surface area contributed by atoms with Gasteiger partial charge < -0.3 is 5.11 Å². The van der Waals surface area contributed by atoms with E-state index in [1.807, 2.05) is 6.07 Å². The SMILES string of the molecule is O=C(CC(C(=O)O)C(=O)CC12CC3CC(CC(C3)C1)C2)c1ccccc1. The number of hydrogen-bond acceptors (Lipinski definition) is 3. The molecule has 0 spiro atoms. The fraction of sp³-hybridized carbons (Fsp3) is 0.591. The molecule has 1 atom stereocenters. The fourth-order valence-electron chi connectivity index (χ4n) is 6.27. The average molecular weight is 354 g/mol. The van der Waals surface area contributed by atoms with E-state index in [0.717, 1.165) is 37.0 Å². The number of Topliss-reactive ketones (excluding diaryl/α,β-unsaturated/α-hetero) is 2. The van der Waals surface area contributed by atoms with Crippen LogP contribution >= 0.6 is 0 Å². The summed E-state index contributed by atoms with van der Waals surface area (Å²) in [4.78, 5) is 37.0. The molecule has 138 valence electrons. The first-order chi connectivity index (χ1) is 12.4. The summed E-state index contributed by atoms with van der Waals surface area (Å²) in [5, 5.41) is 9.58. The molecule has 0 aromatic heterocycles. The Morgan fingerprint density at radius 2 is 1.50 bits per heavy atom. The molecule has 0 amide bonds. The molecular weight excluding hydrogens is 328 g/mol. The van der Waals surface area contributed by atoms with Gasteiger partial charge in [0.15, 0.2) is 5.78 Å². The molecule has 0 aliphatic heterocycles. The van der Waals surface area contributed by atoms with Gasteiger partial charge in [0.05, 0.1) is 0 Å². The summed E-state index contributed by atoms with van der Waals surface area (Å²) in [7, 11) is 0. The monoisotopic (exact) mass is 354 g/mol. The van der Waals surface area contributed by atoms with Crippen LogP contribution in [0, 0.1) is 29.1 Å². The van der Waals surface area contributed by atoms with E-state index >= 15 is 0 Å². The highest BCUT2D eigenvalue weighted by molar-refractivity contribution is 6.05. The highest BCUT2D eigenvalue weighted by atomic mass is 16.4. The Kier molecular flexibility index (Phi) is 4.45. The van der Waals surface area contributed by atoms with Gasteiger partial charge in [-0.2, -0.15) is 0 Å². The van der Waals surface area contributed by atoms with E-state index in [-0.39, 0.29) is 23.4 Å². The first kappa shape index (κ1) is 17.4. The molecule has 5 rings (SSSR count). The summed E-state index contributed by atoms with van der Waals surface area (Å²) in [6, 6.07) is 8.65. The van der Waals surface area contributed by atoms with Crippen LogP contribution in [0.1, 0.15) is 61.7 Å². The largest absolute Gasteiger partial charge is 0.481 e. The summed E-state index contributed by atoms with van der Waals surface area (Å²) in [6.07, 6.45) is 7.21. The lowest BCUT2D eigenvalue weighted by Crippen LogP contribution is -2.47. The van der Waals surface area contributed by atoms with E-state index in [4.69, 9.17) is 0 Å². The lowest BCUT2D eigenvalue weighted by Gasteiger charge is -2.56. The molecular formula is C22H26O4. The predicted molar refractivity (Wildman–Crippen MR) is 96.7 cm³/mol. The van der Waals surface area contributed by atoms with Crippen molar-refractivity contribution < 1.29 is 19.5 Å². The van der Waals surface area contributed by atoms with Crippen LogP contribution in [0.25, 0.3) is 0 Å². The molecule has 4 nitrogen and oxygen atoms in total. The number of carbonyl (C=O) groups is 3. The van der Waals surface area contributed by atoms with Crippen molar-refractivity contribution in [2.45, 2.75) is 51.4 Å². The van der Waals surface area contributed by atoms with Crippen LogP contribution in [0.15, 0.2) is 30.3 Å². The van der Waals surface area contributed by atoms with Gasteiger partial charge in [-0.1, -0.05) is 30.3 Å². The number of aliphatic carboxylic acids is 1. The fourth-order valence-corrected chi connectivity index (χ4v) is 6.27. The van der Waals surface area contributed by atoms with Gasteiger partial charge in [0.2, 0.25) is 0 Å². The number of ketones is 2. The minimum atomic E-state index is -1.21. The van der Waals surface area contributed by atoms with Gasteiger partial charge in [-0.3, -0.25) is 14.4 Å². The molecule has 4 aliphatic rings. The number of carboxylic acid groups (broad SMARTS) is 1. The summed E-state index contributed by atoms with van der Waals surface area (Å²) in [5.74, 6) is -0.713. The van der Waals surface area contributed by atoms with Crippen molar-refractivity contribution in [3.63, 3.8) is 0 Å². The molecule has 4 bridgehead atoms. The van der Waals surface area contributed by atoms with Crippen LogP contribution in [0.5, 0.6) is 0 Å². The van der Waals surface area contributed by atoms with Crippen LogP contribution in [-0.2, 0) is 9.59 Å². The maximum Gasteiger partial charge on any atom is 0.314 e. The minimum absolute atomic E-state index is 0.00925. The zero-order valence-corrected chi connectivity index (χ0v) is 15.0. The molecule has 0 heterocycles. The second kappa shape index (κ2) is 6.64. The molecule has 0 saturated heterocycles.